The van der Waals surface area contributed by atoms with Gasteiger partial charge in [-0.3, -0.25) is 4.99 Å². The van der Waals surface area contributed by atoms with Crippen molar-refractivity contribution in [2.45, 2.75) is 92.4 Å². The summed E-state index contributed by atoms with van der Waals surface area (Å²) in [6.45, 7) is 19.8. The van der Waals surface area contributed by atoms with Gasteiger partial charge in [-0.2, -0.15) is 0 Å². The van der Waals surface area contributed by atoms with Gasteiger partial charge in [0.05, 0.1) is 5.69 Å². The first kappa shape index (κ1) is 27.5. The Balaban J connectivity index is 2.14. The fourth-order valence-corrected chi connectivity index (χ4v) is 4.88. The highest BCUT2D eigenvalue weighted by Gasteiger charge is 2.18. The highest BCUT2D eigenvalue weighted by molar-refractivity contribution is 6.01. The quantitative estimate of drug-likeness (QED) is 0.247. The van der Waals surface area contributed by atoms with Gasteiger partial charge in [0.1, 0.15) is 5.75 Å². The molecule has 0 radical (unpaired) electrons. The van der Waals surface area contributed by atoms with E-state index in [9.17, 15) is 5.11 Å². The minimum Gasteiger partial charge on any atom is -0.508 e. The second-order valence-corrected chi connectivity index (χ2v) is 11.4. The summed E-state index contributed by atoms with van der Waals surface area (Å²) in [5, 5.41) is 9.95. The van der Waals surface area contributed by atoms with Gasteiger partial charge in [-0.1, -0.05) is 91.8 Å². The number of nitrogens with two attached hydrogens (primary N) is 1. The predicted molar refractivity (Wildman–Crippen MR) is 156 cm³/mol. The Hall–Kier alpha value is -3.07. The highest BCUT2D eigenvalue weighted by Crippen LogP contribution is 2.38. The van der Waals surface area contributed by atoms with Crippen molar-refractivity contribution >= 4 is 17.1 Å². The lowest BCUT2D eigenvalue weighted by atomic mass is 9.86. The summed E-state index contributed by atoms with van der Waals surface area (Å²) < 4.78 is 0. The molecule has 0 aliphatic heterocycles. The van der Waals surface area contributed by atoms with Crippen LogP contribution in [0.1, 0.15) is 125 Å². The van der Waals surface area contributed by atoms with Gasteiger partial charge in [0.15, 0.2) is 0 Å². The van der Waals surface area contributed by atoms with Gasteiger partial charge < -0.3 is 10.8 Å². The summed E-state index contributed by atoms with van der Waals surface area (Å²) in [4.78, 5) is 5.14. The van der Waals surface area contributed by atoms with Crippen molar-refractivity contribution in [1.82, 2.24) is 0 Å². The van der Waals surface area contributed by atoms with Crippen LogP contribution in [0.5, 0.6) is 5.75 Å². The number of nitrogens with zero attached hydrogens (tertiary/aromatic N) is 1. The van der Waals surface area contributed by atoms with Crippen LogP contribution >= 0.6 is 0 Å². The minimum absolute atomic E-state index is 0.260. The Kier molecular flexibility index (Phi) is 8.66. The first-order valence-electron chi connectivity index (χ1n) is 13.3. The van der Waals surface area contributed by atoms with E-state index >= 15 is 0 Å². The molecule has 0 unspecified atom stereocenters. The number of phenols is 1. The summed E-state index contributed by atoms with van der Waals surface area (Å²) in [5.74, 6) is 1.70. The molecule has 3 aromatic rings. The molecular formula is C33H44N2O. The van der Waals surface area contributed by atoms with Gasteiger partial charge in [-0.15, -0.1) is 0 Å². The van der Waals surface area contributed by atoms with Gasteiger partial charge >= 0.3 is 0 Å². The Morgan fingerprint density at radius 2 is 1.17 bits per heavy atom. The maximum Gasteiger partial charge on any atom is 0.116 e. The molecule has 3 rings (SSSR count). The summed E-state index contributed by atoms with van der Waals surface area (Å²) in [5.41, 5.74) is 18.1. The molecule has 3 N–H and O–H groups in total. The molecule has 0 bridgehead atoms. The van der Waals surface area contributed by atoms with Crippen molar-refractivity contribution in [2.24, 2.45) is 4.99 Å². The molecule has 0 aromatic heterocycles. The Morgan fingerprint density at radius 3 is 1.58 bits per heavy atom. The van der Waals surface area contributed by atoms with E-state index in [2.05, 4.69) is 79.7 Å². The third-order valence-electron chi connectivity index (χ3n) is 6.97. The number of hydrogen-bond donors (Lipinski definition) is 2. The molecule has 36 heavy (non-hydrogen) atoms. The van der Waals surface area contributed by atoms with E-state index in [1.54, 1.807) is 12.1 Å². The average Bonchev–Trinajstić information content (AvgIpc) is 2.79. The number of hydrogen-bond acceptors (Lipinski definition) is 3. The third-order valence-corrected chi connectivity index (χ3v) is 6.97. The van der Waals surface area contributed by atoms with Gasteiger partial charge in [0.25, 0.3) is 0 Å². The number of benzene rings is 3. The Labute approximate surface area is 218 Å². The van der Waals surface area contributed by atoms with Gasteiger partial charge in [-0.25, -0.2) is 0 Å². The lowest BCUT2D eigenvalue weighted by Crippen LogP contribution is -2.06. The molecule has 0 spiro atoms. The number of rotatable bonds is 8. The predicted octanol–water partition coefficient (Wildman–Crippen LogP) is 9.20. The minimum atomic E-state index is 0.260. The molecule has 192 valence electrons. The van der Waals surface area contributed by atoms with Crippen molar-refractivity contribution in [3.8, 4) is 5.75 Å². The maximum atomic E-state index is 9.95. The van der Waals surface area contributed by atoms with Crippen LogP contribution in [0.15, 0.2) is 53.5 Å². The van der Waals surface area contributed by atoms with Crippen molar-refractivity contribution in [3.63, 3.8) is 0 Å². The fourth-order valence-electron chi connectivity index (χ4n) is 4.88. The average molecular weight is 485 g/mol. The van der Waals surface area contributed by atoms with Crippen LogP contribution in [0.2, 0.25) is 0 Å². The monoisotopic (exact) mass is 484 g/mol. The Bertz CT molecular complexity index is 1190. The van der Waals surface area contributed by atoms with Crippen molar-refractivity contribution in [1.29, 1.82) is 0 Å². The van der Waals surface area contributed by atoms with Crippen molar-refractivity contribution in [2.75, 3.05) is 5.73 Å². The lowest BCUT2D eigenvalue weighted by Gasteiger charge is -2.21. The SMILES string of the molecule is CC(=Nc1c(C(C)C)cc(Cc2cc(C(C)C)c(N)c(C(C)C)c2)cc1C(C)C)c1cccc(O)c1. The second-order valence-electron chi connectivity index (χ2n) is 11.4. The summed E-state index contributed by atoms with van der Waals surface area (Å²) in [6.07, 6.45) is 0.870. The molecule has 3 aromatic carbocycles. The molecule has 0 amide bonds. The van der Waals surface area contributed by atoms with Crippen LogP contribution < -0.4 is 5.73 Å². The largest absolute Gasteiger partial charge is 0.508 e. The van der Waals surface area contributed by atoms with Crippen LogP contribution in [0.25, 0.3) is 0 Å². The molecule has 3 nitrogen and oxygen atoms in total. The summed E-state index contributed by atoms with van der Waals surface area (Å²) in [7, 11) is 0. The topological polar surface area (TPSA) is 58.6 Å². The number of aromatic hydroxyl groups is 1. The van der Waals surface area contributed by atoms with Crippen LogP contribution in [0, 0.1) is 0 Å². The van der Waals surface area contributed by atoms with Crippen LogP contribution in [0.4, 0.5) is 11.4 Å². The number of phenolic OH excluding ortho intramolecular Hbond substituents is 1. The van der Waals surface area contributed by atoms with Crippen LogP contribution in [0.3, 0.4) is 0 Å². The molecule has 0 aliphatic rings. The summed E-state index contributed by atoms with van der Waals surface area (Å²) >= 11 is 0. The van der Waals surface area contributed by atoms with Crippen molar-refractivity contribution < 1.29 is 5.11 Å². The van der Waals surface area contributed by atoms with Gasteiger partial charge in [0.2, 0.25) is 0 Å². The summed E-state index contributed by atoms with van der Waals surface area (Å²) in [6, 6.07) is 16.6. The van der Waals surface area contributed by atoms with E-state index in [4.69, 9.17) is 10.7 Å². The molecule has 0 aliphatic carbocycles. The van der Waals surface area contributed by atoms with Crippen LogP contribution in [-0.2, 0) is 6.42 Å². The second kappa shape index (κ2) is 11.3. The van der Waals surface area contributed by atoms with E-state index in [0.717, 1.165) is 29.1 Å². The zero-order chi connectivity index (χ0) is 26.7. The molecule has 0 heterocycles. The lowest BCUT2D eigenvalue weighted by molar-refractivity contribution is 0.475. The standard InChI is InChI=1S/C33H44N2O/c1-19(2)28-14-24(15-29(20(3)4)32(28)34)13-25-16-30(21(5)6)33(31(17-25)22(7)8)35-23(9)26-11-10-12-27(36)18-26/h10-12,14-22,36H,13,34H2,1-9H3. The first-order chi connectivity index (χ1) is 16.9. The molecule has 0 saturated carbocycles. The molecule has 0 atom stereocenters. The van der Waals surface area contributed by atoms with E-state index in [-0.39, 0.29) is 5.75 Å². The van der Waals surface area contributed by atoms with E-state index in [1.165, 1.54) is 33.4 Å². The van der Waals surface area contributed by atoms with Gasteiger partial charge in [-0.05, 0) is 88.1 Å². The van der Waals surface area contributed by atoms with Crippen LogP contribution in [-0.4, -0.2) is 10.8 Å². The molecule has 0 fully saturated rings. The number of anilines is 1. The number of aliphatic imine (C=N–C) groups is 1. The smallest absolute Gasteiger partial charge is 0.116 e. The van der Waals surface area contributed by atoms with E-state index in [1.807, 2.05) is 19.1 Å². The third kappa shape index (κ3) is 6.19. The zero-order valence-corrected chi connectivity index (χ0v) is 23.6. The molecular weight excluding hydrogens is 440 g/mol. The zero-order valence-electron chi connectivity index (χ0n) is 23.6. The normalized spacial score (nSPS) is 12.4. The molecule has 3 heteroatoms. The van der Waals surface area contributed by atoms with E-state index < -0.39 is 0 Å². The Morgan fingerprint density at radius 1 is 0.722 bits per heavy atom. The van der Waals surface area contributed by atoms with Crippen molar-refractivity contribution in [3.05, 3.63) is 87.5 Å². The first-order valence-corrected chi connectivity index (χ1v) is 13.3. The van der Waals surface area contributed by atoms with Gasteiger partial charge in [0, 0.05) is 11.4 Å². The maximum absolute atomic E-state index is 9.95. The highest BCUT2D eigenvalue weighted by atomic mass is 16.3. The fraction of sp³-hybridized carbons (Fsp3) is 0.424. The number of nitrogen functional groups attached to an aromatic ring is 1. The molecule has 0 saturated heterocycles. The van der Waals surface area contributed by atoms with E-state index in [0.29, 0.717) is 23.7 Å².